The Morgan fingerprint density at radius 3 is 2.33 bits per heavy atom. The maximum Gasteiger partial charge on any atom is 0.164 e. The van der Waals surface area contributed by atoms with Crippen LogP contribution in [0, 0.1) is 5.82 Å². The van der Waals surface area contributed by atoms with Gasteiger partial charge in [-0.05, 0) is 57.3 Å². The molecule has 1 aliphatic rings. The third-order valence-corrected chi connectivity index (χ3v) is 6.17. The lowest BCUT2D eigenvalue weighted by atomic mass is 10.1. The van der Waals surface area contributed by atoms with Crippen LogP contribution in [-0.4, -0.2) is 62.2 Å². The molecule has 4 aromatic rings. The summed E-state index contributed by atoms with van der Waals surface area (Å²) in [6.07, 6.45) is 7.45. The Morgan fingerprint density at radius 2 is 1.67 bits per heavy atom. The molecule has 170 valence electrons. The first-order valence-corrected chi connectivity index (χ1v) is 11.3. The topological polar surface area (TPSA) is 55.0 Å². The normalized spacial score (nSPS) is 14.9. The summed E-state index contributed by atoms with van der Waals surface area (Å²) in [5.74, 6) is 1.28. The van der Waals surface area contributed by atoms with E-state index in [0.717, 1.165) is 60.5 Å². The van der Waals surface area contributed by atoms with Crippen LogP contribution < -0.4 is 4.90 Å². The molecule has 5 rings (SSSR count). The highest BCUT2D eigenvalue weighted by molar-refractivity contribution is 5.76. The summed E-state index contributed by atoms with van der Waals surface area (Å²) in [5, 5.41) is 0. The second-order valence-corrected chi connectivity index (χ2v) is 8.74. The zero-order chi connectivity index (χ0) is 22.9. The van der Waals surface area contributed by atoms with Crippen molar-refractivity contribution in [1.82, 2.24) is 29.0 Å². The van der Waals surface area contributed by atoms with Gasteiger partial charge in [-0.25, -0.2) is 19.3 Å². The maximum atomic E-state index is 13.5. The van der Waals surface area contributed by atoms with Crippen molar-refractivity contribution in [2.24, 2.45) is 0 Å². The molecule has 0 aliphatic carbocycles. The third kappa shape index (κ3) is 4.14. The number of piperazine rings is 1. The highest BCUT2D eigenvalue weighted by atomic mass is 19.1. The van der Waals surface area contributed by atoms with Crippen molar-refractivity contribution in [3.8, 4) is 28.6 Å². The first kappa shape index (κ1) is 21.3. The van der Waals surface area contributed by atoms with Crippen LogP contribution in [0.2, 0.25) is 0 Å². The molecule has 0 spiro atoms. The number of halogens is 1. The third-order valence-electron chi connectivity index (χ3n) is 6.17. The zero-order valence-corrected chi connectivity index (χ0v) is 19.2. The van der Waals surface area contributed by atoms with Crippen LogP contribution >= 0.6 is 0 Å². The Hall–Kier alpha value is -3.52. The highest BCUT2D eigenvalue weighted by Crippen LogP contribution is 2.33. The SMILES string of the molecule is CC(C)n1cnc(-c2ccc(F)cc2)c1-c1nccn1-c1ccc(N2CCN(C)CC2)cn1. The van der Waals surface area contributed by atoms with E-state index in [1.807, 2.05) is 29.4 Å². The van der Waals surface area contributed by atoms with Crippen LogP contribution in [0.5, 0.6) is 0 Å². The van der Waals surface area contributed by atoms with E-state index >= 15 is 0 Å². The second kappa shape index (κ2) is 8.78. The summed E-state index contributed by atoms with van der Waals surface area (Å²) >= 11 is 0. The molecule has 8 heteroatoms. The van der Waals surface area contributed by atoms with Gasteiger partial charge in [-0.2, -0.15) is 0 Å². The monoisotopic (exact) mass is 445 g/mol. The molecule has 4 heterocycles. The summed E-state index contributed by atoms with van der Waals surface area (Å²) in [5.41, 5.74) is 3.63. The molecule has 0 saturated carbocycles. The highest BCUT2D eigenvalue weighted by Gasteiger charge is 2.22. The van der Waals surface area contributed by atoms with E-state index in [9.17, 15) is 4.39 Å². The van der Waals surface area contributed by atoms with E-state index in [-0.39, 0.29) is 11.9 Å². The molecular weight excluding hydrogens is 417 g/mol. The molecule has 0 amide bonds. The van der Waals surface area contributed by atoms with Gasteiger partial charge in [0.05, 0.1) is 23.9 Å². The van der Waals surface area contributed by atoms with Gasteiger partial charge < -0.3 is 14.4 Å². The van der Waals surface area contributed by atoms with E-state index in [0.29, 0.717) is 0 Å². The van der Waals surface area contributed by atoms with Crippen molar-refractivity contribution in [3.05, 3.63) is 67.1 Å². The standard InChI is InChI=1S/C25H28FN7/c1-18(2)33-17-29-23(19-4-6-20(26)7-5-19)24(33)25-27-10-11-32(25)22-9-8-21(16-28-22)31-14-12-30(3)13-15-31/h4-11,16-18H,12-15H2,1-3H3. The predicted octanol–water partition coefficient (Wildman–Crippen LogP) is 4.27. The number of imidazole rings is 2. The molecule has 0 N–H and O–H groups in total. The van der Waals surface area contributed by atoms with Crippen LogP contribution in [0.4, 0.5) is 10.1 Å². The first-order valence-electron chi connectivity index (χ1n) is 11.3. The van der Waals surface area contributed by atoms with Crippen LogP contribution in [0.1, 0.15) is 19.9 Å². The van der Waals surface area contributed by atoms with Crippen LogP contribution in [0.15, 0.2) is 61.3 Å². The largest absolute Gasteiger partial charge is 0.368 e. The Labute approximate surface area is 193 Å². The number of anilines is 1. The molecule has 0 bridgehead atoms. The van der Waals surface area contributed by atoms with Gasteiger partial charge in [-0.15, -0.1) is 0 Å². The molecule has 0 radical (unpaired) electrons. The van der Waals surface area contributed by atoms with E-state index in [2.05, 4.69) is 51.3 Å². The zero-order valence-electron chi connectivity index (χ0n) is 19.2. The molecule has 1 fully saturated rings. The Kier molecular flexibility index (Phi) is 5.68. The molecule has 3 aromatic heterocycles. The Morgan fingerprint density at radius 1 is 0.909 bits per heavy atom. The number of nitrogens with zero attached hydrogens (tertiary/aromatic N) is 7. The van der Waals surface area contributed by atoms with Gasteiger partial charge >= 0.3 is 0 Å². The summed E-state index contributed by atoms with van der Waals surface area (Å²) < 4.78 is 17.6. The smallest absolute Gasteiger partial charge is 0.164 e. The van der Waals surface area contributed by atoms with Crippen molar-refractivity contribution >= 4 is 5.69 Å². The minimum absolute atomic E-state index is 0.180. The summed E-state index contributed by atoms with van der Waals surface area (Å²) in [4.78, 5) is 18.8. The number of aromatic nitrogens is 5. The maximum absolute atomic E-state index is 13.5. The number of benzene rings is 1. The van der Waals surface area contributed by atoms with Gasteiger partial charge in [0.2, 0.25) is 0 Å². The van der Waals surface area contributed by atoms with Crippen molar-refractivity contribution in [2.75, 3.05) is 38.1 Å². The Balaban J connectivity index is 1.53. The van der Waals surface area contributed by atoms with Gasteiger partial charge in [0.25, 0.3) is 0 Å². The fourth-order valence-electron chi connectivity index (χ4n) is 4.23. The number of pyridine rings is 1. The fraction of sp³-hybridized carbons (Fsp3) is 0.320. The first-order chi connectivity index (χ1) is 16.0. The van der Waals surface area contributed by atoms with Crippen molar-refractivity contribution in [1.29, 1.82) is 0 Å². The summed E-state index contributed by atoms with van der Waals surface area (Å²) in [7, 11) is 2.15. The van der Waals surface area contributed by atoms with Gasteiger partial charge in [0, 0.05) is 50.2 Å². The van der Waals surface area contributed by atoms with Gasteiger partial charge in [0.1, 0.15) is 17.3 Å². The quantitative estimate of drug-likeness (QED) is 0.459. The Bertz CT molecular complexity index is 1220. The molecule has 1 aromatic carbocycles. The average molecular weight is 446 g/mol. The number of hydrogen-bond acceptors (Lipinski definition) is 5. The van der Waals surface area contributed by atoms with Gasteiger partial charge in [-0.3, -0.25) is 4.57 Å². The lowest BCUT2D eigenvalue weighted by molar-refractivity contribution is 0.313. The van der Waals surface area contributed by atoms with Crippen LogP contribution in [0.3, 0.4) is 0 Å². The molecular formula is C25H28FN7. The number of likely N-dealkylation sites (N-methyl/N-ethyl adjacent to an activating group) is 1. The molecule has 33 heavy (non-hydrogen) atoms. The van der Waals surface area contributed by atoms with E-state index in [4.69, 9.17) is 4.98 Å². The second-order valence-electron chi connectivity index (χ2n) is 8.74. The fourth-order valence-corrected chi connectivity index (χ4v) is 4.23. The number of hydrogen-bond donors (Lipinski definition) is 0. The van der Waals surface area contributed by atoms with Crippen LogP contribution in [-0.2, 0) is 0 Å². The predicted molar refractivity (Wildman–Crippen MR) is 128 cm³/mol. The van der Waals surface area contributed by atoms with E-state index in [1.165, 1.54) is 12.1 Å². The van der Waals surface area contributed by atoms with Crippen molar-refractivity contribution in [3.63, 3.8) is 0 Å². The van der Waals surface area contributed by atoms with Gasteiger partial charge in [0.15, 0.2) is 5.82 Å². The minimum atomic E-state index is -0.269. The lowest BCUT2D eigenvalue weighted by Gasteiger charge is -2.33. The molecule has 1 aliphatic heterocycles. The van der Waals surface area contributed by atoms with Crippen molar-refractivity contribution in [2.45, 2.75) is 19.9 Å². The van der Waals surface area contributed by atoms with E-state index < -0.39 is 0 Å². The average Bonchev–Trinajstić information content (AvgIpc) is 3.47. The van der Waals surface area contributed by atoms with Crippen LogP contribution in [0.25, 0.3) is 28.6 Å². The molecule has 0 unspecified atom stereocenters. The van der Waals surface area contributed by atoms with Gasteiger partial charge in [-0.1, -0.05) is 0 Å². The number of rotatable bonds is 5. The molecule has 0 atom stereocenters. The van der Waals surface area contributed by atoms with E-state index in [1.54, 1.807) is 18.3 Å². The molecule has 7 nitrogen and oxygen atoms in total. The van der Waals surface area contributed by atoms with Crippen molar-refractivity contribution < 1.29 is 4.39 Å². The minimum Gasteiger partial charge on any atom is -0.368 e. The summed E-state index contributed by atoms with van der Waals surface area (Å²) in [6, 6.07) is 10.8. The molecule has 1 saturated heterocycles. The summed E-state index contributed by atoms with van der Waals surface area (Å²) in [6.45, 7) is 8.33. The lowest BCUT2D eigenvalue weighted by Crippen LogP contribution is -2.44.